The minimum Gasteiger partial charge on any atom is -0.292 e. The van der Waals surface area contributed by atoms with Crippen molar-refractivity contribution < 1.29 is 4.79 Å². The summed E-state index contributed by atoms with van der Waals surface area (Å²) >= 11 is 1.48. The number of hydrogen-bond acceptors (Lipinski definition) is 3. The number of rotatable bonds is 1. The summed E-state index contributed by atoms with van der Waals surface area (Å²) in [6, 6.07) is 0. The lowest BCUT2D eigenvalue weighted by Gasteiger charge is -2.00. The maximum Gasteiger partial charge on any atom is 0.184 e. The second kappa shape index (κ2) is 2.82. The van der Waals surface area contributed by atoms with Gasteiger partial charge < -0.3 is 0 Å². The largest absolute Gasteiger partial charge is 0.292 e. The first kappa shape index (κ1) is 6.55. The molecule has 0 saturated carbocycles. The Morgan fingerprint density at radius 1 is 1.89 bits per heavy atom. The Labute approximate surface area is 58.0 Å². The van der Waals surface area contributed by atoms with Crippen LogP contribution in [0, 0.1) is 0 Å². The third kappa shape index (κ3) is 1.68. The molecule has 0 fully saturated rings. The Bertz CT molecular complexity index is 183. The van der Waals surface area contributed by atoms with Gasteiger partial charge in [-0.1, -0.05) is 17.8 Å². The fourth-order valence-corrected chi connectivity index (χ4v) is 1.20. The molecule has 48 valence electrons. The summed E-state index contributed by atoms with van der Waals surface area (Å²) in [5.74, 6) is 0.933. The van der Waals surface area contributed by atoms with E-state index >= 15 is 0 Å². The van der Waals surface area contributed by atoms with Gasteiger partial charge in [0, 0.05) is 18.9 Å². The van der Waals surface area contributed by atoms with Crippen molar-refractivity contribution >= 4 is 22.6 Å². The van der Waals surface area contributed by atoms with E-state index in [-0.39, 0.29) is 5.78 Å². The molecule has 0 radical (unpaired) electrons. The van der Waals surface area contributed by atoms with Crippen LogP contribution in [0.5, 0.6) is 0 Å². The summed E-state index contributed by atoms with van der Waals surface area (Å²) in [6.45, 7) is 1.53. The molecule has 0 atom stereocenters. The predicted octanol–water partition coefficient (Wildman–Crippen LogP) is 1.23. The van der Waals surface area contributed by atoms with Crippen LogP contribution in [0.25, 0.3) is 0 Å². The lowest BCUT2D eigenvalue weighted by molar-refractivity contribution is -0.110. The van der Waals surface area contributed by atoms with Crippen molar-refractivity contribution in [3.8, 4) is 0 Å². The highest BCUT2D eigenvalue weighted by Gasteiger charge is 2.05. The number of Topliss-reactive ketones (excluding diaryl/α,β-unsaturated/α-hetero) is 1. The molecule has 0 aromatic carbocycles. The van der Waals surface area contributed by atoms with E-state index < -0.39 is 0 Å². The molecule has 0 bridgehead atoms. The number of thioether (sulfide) groups is 1. The molecule has 9 heavy (non-hydrogen) atoms. The van der Waals surface area contributed by atoms with Crippen LogP contribution < -0.4 is 0 Å². The zero-order valence-electron chi connectivity index (χ0n) is 5.13. The molecule has 1 aliphatic heterocycles. The fourth-order valence-electron chi connectivity index (χ4n) is 0.520. The van der Waals surface area contributed by atoms with E-state index in [0.29, 0.717) is 5.04 Å². The summed E-state index contributed by atoms with van der Waals surface area (Å²) in [5.41, 5.74) is 0. The van der Waals surface area contributed by atoms with Crippen LogP contribution in [0.15, 0.2) is 17.3 Å². The molecule has 0 aliphatic carbocycles. The molecule has 0 aromatic heterocycles. The zero-order valence-corrected chi connectivity index (χ0v) is 5.94. The number of nitrogens with zero attached hydrogens (tertiary/aromatic N) is 1. The average molecular weight is 141 g/mol. The van der Waals surface area contributed by atoms with Gasteiger partial charge in [0.2, 0.25) is 0 Å². The number of aliphatic imine (C=N–C) groups is 1. The highest BCUT2D eigenvalue weighted by atomic mass is 32.2. The maximum atomic E-state index is 10.6. The zero-order chi connectivity index (χ0) is 6.69. The summed E-state index contributed by atoms with van der Waals surface area (Å²) in [4.78, 5) is 14.5. The number of ketones is 1. The van der Waals surface area contributed by atoms with Crippen molar-refractivity contribution in [2.75, 3.05) is 5.75 Å². The van der Waals surface area contributed by atoms with E-state index in [1.807, 2.05) is 6.08 Å². The van der Waals surface area contributed by atoms with Crippen LogP contribution in [0.2, 0.25) is 0 Å². The normalized spacial score (nSPS) is 17.2. The third-order valence-electron chi connectivity index (χ3n) is 0.915. The van der Waals surface area contributed by atoms with Gasteiger partial charge in [-0.2, -0.15) is 0 Å². The Kier molecular flexibility index (Phi) is 2.05. The van der Waals surface area contributed by atoms with Gasteiger partial charge in [0.05, 0.1) is 0 Å². The predicted molar refractivity (Wildman–Crippen MR) is 39.7 cm³/mol. The highest BCUT2D eigenvalue weighted by Crippen LogP contribution is 2.09. The fraction of sp³-hybridized carbons (Fsp3) is 0.333. The molecule has 1 rings (SSSR count). The van der Waals surface area contributed by atoms with E-state index in [4.69, 9.17) is 0 Å². The molecular weight excluding hydrogens is 134 g/mol. The van der Waals surface area contributed by atoms with E-state index in [1.54, 1.807) is 6.20 Å². The topological polar surface area (TPSA) is 29.4 Å². The van der Waals surface area contributed by atoms with Gasteiger partial charge >= 0.3 is 0 Å². The SMILES string of the molecule is CC(=O)C1=NC=CCS1. The molecule has 3 heteroatoms. The Morgan fingerprint density at radius 2 is 2.67 bits per heavy atom. The minimum atomic E-state index is 0.0596. The summed E-state index contributed by atoms with van der Waals surface area (Å²) in [7, 11) is 0. The van der Waals surface area contributed by atoms with E-state index in [0.717, 1.165) is 5.75 Å². The van der Waals surface area contributed by atoms with Crippen molar-refractivity contribution in [3.63, 3.8) is 0 Å². The quantitative estimate of drug-likeness (QED) is 0.549. The van der Waals surface area contributed by atoms with Crippen molar-refractivity contribution in [2.24, 2.45) is 4.99 Å². The average Bonchev–Trinajstić information content (AvgIpc) is 1.90. The van der Waals surface area contributed by atoms with Crippen molar-refractivity contribution in [3.05, 3.63) is 12.3 Å². The minimum absolute atomic E-state index is 0.0596. The molecular formula is C6H7NOS. The van der Waals surface area contributed by atoms with E-state index in [1.165, 1.54) is 18.7 Å². The lowest BCUT2D eigenvalue weighted by atomic mass is 10.5. The molecule has 0 unspecified atom stereocenters. The number of carbonyl (C=O) groups excluding carboxylic acids is 1. The van der Waals surface area contributed by atoms with Crippen LogP contribution in [-0.4, -0.2) is 16.6 Å². The van der Waals surface area contributed by atoms with E-state index in [2.05, 4.69) is 4.99 Å². The van der Waals surface area contributed by atoms with Gasteiger partial charge in [-0.05, 0) is 0 Å². The van der Waals surface area contributed by atoms with Crippen molar-refractivity contribution in [1.29, 1.82) is 0 Å². The molecule has 0 saturated heterocycles. The van der Waals surface area contributed by atoms with Crippen LogP contribution >= 0.6 is 11.8 Å². The monoisotopic (exact) mass is 141 g/mol. The number of carbonyl (C=O) groups is 1. The first-order valence-electron chi connectivity index (χ1n) is 2.67. The van der Waals surface area contributed by atoms with Crippen LogP contribution in [0.4, 0.5) is 0 Å². The van der Waals surface area contributed by atoms with Crippen LogP contribution in [0.1, 0.15) is 6.92 Å². The molecule has 0 N–H and O–H groups in total. The van der Waals surface area contributed by atoms with Gasteiger partial charge in [-0.25, -0.2) is 4.99 Å². The second-order valence-corrected chi connectivity index (χ2v) is 2.69. The van der Waals surface area contributed by atoms with Gasteiger partial charge in [0.1, 0.15) is 5.04 Å². The van der Waals surface area contributed by atoms with Crippen LogP contribution in [0.3, 0.4) is 0 Å². The highest BCUT2D eigenvalue weighted by molar-refractivity contribution is 8.15. The summed E-state index contributed by atoms with van der Waals surface area (Å²) in [5, 5.41) is 0.623. The first-order chi connectivity index (χ1) is 4.30. The smallest absolute Gasteiger partial charge is 0.184 e. The second-order valence-electron chi connectivity index (χ2n) is 1.69. The third-order valence-corrected chi connectivity index (χ3v) is 1.94. The Balaban J connectivity index is 2.68. The van der Waals surface area contributed by atoms with Crippen molar-refractivity contribution in [2.45, 2.75) is 6.92 Å². The van der Waals surface area contributed by atoms with Gasteiger partial charge in [-0.3, -0.25) is 4.79 Å². The maximum absolute atomic E-state index is 10.6. The van der Waals surface area contributed by atoms with Crippen LogP contribution in [-0.2, 0) is 4.79 Å². The molecule has 2 nitrogen and oxygen atoms in total. The molecule has 0 spiro atoms. The van der Waals surface area contributed by atoms with Gasteiger partial charge in [0.25, 0.3) is 0 Å². The standard InChI is InChI=1S/C6H7NOS/c1-5(8)6-7-3-2-4-9-6/h2-3H,4H2,1H3. The molecule has 1 heterocycles. The molecule has 1 aliphatic rings. The van der Waals surface area contributed by atoms with E-state index in [9.17, 15) is 4.79 Å². The van der Waals surface area contributed by atoms with Crippen molar-refractivity contribution in [1.82, 2.24) is 0 Å². The Morgan fingerprint density at radius 3 is 3.00 bits per heavy atom. The van der Waals surface area contributed by atoms with Gasteiger partial charge in [-0.15, -0.1) is 0 Å². The molecule has 0 aromatic rings. The first-order valence-corrected chi connectivity index (χ1v) is 3.66. The van der Waals surface area contributed by atoms with Gasteiger partial charge in [0.15, 0.2) is 5.78 Å². The molecule has 0 amide bonds. The summed E-state index contributed by atoms with van der Waals surface area (Å²) in [6.07, 6.45) is 3.60. The Hall–Kier alpha value is -0.570. The lowest BCUT2D eigenvalue weighted by Crippen LogP contribution is -2.06. The number of hydrogen-bond donors (Lipinski definition) is 0. The summed E-state index contributed by atoms with van der Waals surface area (Å²) < 4.78 is 0.